The molecule has 0 aromatic heterocycles. The number of rotatable bonds is 6. The summed E-state index contributed by atoms with van der Waals surface area (Å²) in [4.78, 5) is 12.6. The van der Waals surface area contributed by atoms with Crippen LogP contribution >= 0.6 is 0 Å². The lowest BCUT2D eigenvalue weighted by Crippen LogP contribution is -2.26. The highest BCUT2D eigenvalue weighted by Gasteiger charge is 2.18. The van der Waals surface area contributed by atoms with E-state index in [2.05, 4.69) is 5.32 Å². The molecule has 2 aliphatic heterocycles. The number of hydrogen-bond acceptors (Lipinski definition) is 5. The maximum Gasteiger partial charge on any atom is 0.251 e. The normalized spacial score (nSPS) is 19.1. The highest BCUT2D eigenvalue weighted by atomic mass is 16.6. The lowest BCUT2D eigenvalue weighted by atomic mass is 10.1. The Balaban J connectivity index is 1.33. The zero-order valence-corrected chi connectivity index (χ0v) is 16.0. The first kappa shape index (κ1) is 18.6. The van der Waals surface area contributed by atoms with E-state index in [9.17, 15) is 4.79 Å². The van der Waals surface area contributed by atoms with Gasteiger partial charge in [0.2, 0.25) is 0 Å². The van der Waals surface area contributed by atoms with Crippen LogP contribution in [0.2, 0.25) is 0 Å². The summed E-state index contributed by atoms with van der Waals surface area (Å²) >= 11 is 0. The molecular formula is C22H25NO5. The van der Waals surface area contributed by atoms with Gasteiger partial charge in [0.15, 0.2) is 11.5 Å². The molecule has 0 aliphatic carbocycles. The summed E-state index contributed by atoms with van der Waals surface area (Å²) in [6, 6.07) is 12.8. The van der Waals surface area contributed by atoms with E-state index in [0.29, 0.717) is 25.4 Å². The van der Waals surface area contributed by atoms with E-state index in [1.807, 2.05) is 37.3 Å². The molecule has 2 aromatic carbocycles. The van der Waals surface area contributed by atoms with Crippen LogP contribution in [0.3, 0.4) is 0 Å². The molecule has 2 aliphatic rings. The first-order chi connectivity index (χ1) is 13.7. The van der Waals surface area contributed by atoms with Crippen molar-refractivity contribution in [1.29, 1.82) is 0 Å². The van der Waals surface area contributed by atoms with Crippen molar-refractivity contribution in [1.82, 2.24) is 5.32 Å². The van der Waals surface area contributed by atoms with Gasteiger partial charge in [-0.3, -0.25) is 4.79 Å². The van der Waals surface area contributed by atoms with Crippen molar-refractivity contribution >= 4 is 5.91 Å². The minimum absolute atomic E-state index is 0.131. The van der Waals surface area contributed by atoms with E-state index in [1.54, 1.807) is 12.1 Å². The molecule has 6 nitrogen and oxygen atoms in total. The van der Waals surface area contributed by atoms with Gasteiger partial charge in [0.25, 0.3) is 5.91 Å². The monoisotopic (exact) mass is 383 g/mol. The van der Waals surface area contributed by atoms with Crippen LogP contribution in [0.1, 0.15) is 41.7 Å². The molecule has 2 aromatic rings. The van der Waals surface area contributed by atoms with Gasteiger partial charge in [-0.05, 0) is 61.7 Å². The summed E-state index contributed by atoms with van der Waals surface area (Å²) < 4.78 is 22.5. The van der Waals surface area contributed by atoms with Gasteiger partial charge in [0.05, 0.1) is 12.1 Å². The van der Waals surface area contributed by atoms with E-state index < -0.39 is 0 Å². The van der Waals surface area contributed by atoms with Crippen LogP contribution in [0, 0.1) is 0 Å². The average molecular weight is 383 g/mol. The number of carbonyl (C=O) groups excluding carboxylic acids is 1. The second-order valence-corrected chi connectivity index (χ2v) is 7.07. The average Bonchev–Trinajstić information content (AvgIpc) is 3.26. The number of hydrogen-bond donors (Lipinski definition) is 1. The summed E-state index contributed by atoms with van der Waals surface area (Å²) in [7, 11) is 0. The molecule has 1 fully saturated rings. The fourth-order valence-corrected chi connectivity index (χ4v) is 3.36. The Labute approximate surface area is 164 Å². The second kappa shape index (κ2) is 8.52. The quantitative estimate of drug-likeness (QED) is 0.827. The standard InChI is InChI=1S/C22H25NO5/c1-15(17-6-9-20-21(13-17)27-12-11-26-20)23-22(24)16-4-7-18(8-5-16)28-14-19-3-2-10-25-19/h4-9,13,15,19H,2-3,10-12,14H2,1H3,(H,23,24)/t15-,19-/m1/s1. The molecule has 0 saturated carbocycles. The smallest absolute Gasteiger partial charge is 0.251 e. The maximum absolute atomic E-state index is 12.6. The van der Waals surface area contributed by atoms with E-state index in [1.165, 1.54) is 0 Å². The topological polar surface area (TPSA) is 66.0 Å². The van der Waals surface area contributed by atoms with Gasteiger partial charge in [0.1, 0.15) is 25.6 Å². The predicted molar refractivity (Wildman–Crippen MR) is 104 cm³/mol. The predicted octanol–water partition coefficient (Wildman–Crippen LogP) is 3.51. The fourth-order valence-electron chi connectivity index (χ4n) is 3.36. The fraction of sp³-hybridized carbons (Fsp3) is 0.409. The minimum Gasteiger partial charge on any atom is -0.491 e. The molecule has 2 heterocycles. The molecular weight excluding hydrogens is 358 g/mol. The molecule has 2 atom stereocenters. The summed E-state index contributed by atoms with van der Waals surface area (Å²) in [5, 5.41) is 3.02. The van der Waals surface area contributed by atoms with Gasteiger partial charge >= 0.3 is 0 Å². The van der Waals surface area contributed by atoms with Crippen molar-refractivity contribution in [3.63, 3.8) is 0 Å². The summed E-state index contributed by atoms with van der Waals surface area (Å²) in [5.41, 5.74) is 1.56. The van der Waals surface area contributed by atoms with Crippen molar-refractivity contribution in [2.75, 3.05) is 26.4 Å². The van der Waals surface area contributed by atoms with Crippen LogP contribution < -0.4 is 19.5 Å². The van der Waals surface area contributed by atoms with E-state index in [-0.39, 0.29) is 18.1 Å². The molecule has 0 radical (unpaired) electrons. The van der Waals surface area contributed by atoms with Gasteiger partial charge in [0, 0.05) is 12.2 Å². The minimum atomic E-state index is -0.154. The van der Waals surface area contributed by atoms with Crippen LogP contribution in [0.25, 0.3) is 0 Å². The molecule has 1 N–H and O–H groups in total. The largest absolute Gasteiger partial charge is 0.491 e. The SMILES string of the molecule is C[C@@H](NC(=O)c1ccc(OC[C@H]2CCCO2)cc1)c1ccc2c(c1)OCCO2. The number of nitrogens with one attached hydrogen (secondary N) is 1. The molecule has 1 saturated heterocycles. The summed E-state index contributed by atoms with van der Waals surface area (Å²) in [6.07, 6.45) is 2.31. The molecule has 4 rings (SSSR count). The third kappa shape index (κ3) is 4.39. The molecule has 6 heteroatoms. The molecule has 0 unspecified atom stereocenters. The van der Waals surface area contributed by atoms with Crippen molar-refractivity contribution in [3.05, 3.63) is 53.6 Å². The molecule has 28 heavy (non-hydrogen) atoms. The van der Waals surface area contributed by atoms with E-state index >= 15 is 0 Å². The van der Waals surface area contributed by atoms with Crippen LogP contribution in [-0.4, -0.2) is 38.4 Å². The Morgan fingerprint density at radius 2 is 1.89 bits per heavy atom. The first-order valence-electron chi connectivity index (χ1n) is 9.74. The van der Waals surface area contributed by atoms with Crippen LogP contribution in [0.5, 0.6) is 17.2 Å². The second-order valence-electron chi connectivity index (χ2n) is 7.07. The Hall–Kier alpha value is -2.73. The van der Waals surface area contributed by atoms with Gasteiger partial charge in [-0.15, -0.1) is 0 Å². The number of benzene rings is 2. The molecule has 0 bridgehead atoms. The van der Waals surface area contributed by atoms with Crippen molar-refractivity contribution < 1.29 is 23.7 Å². The lowest BCUT2D eigenvalue weighted by Gasteiger charge is -2.21. The number of amides is 1. The molecule has 148 valence electrons. The van der Waals surface area contributed by atoms with Gasteiger partial charge in [-0.25, -0.2) is 0 Å². The lowest BCUT2D eigenvalue weighted by molar-refractivity contribution is 0.0679. The number of ether oxygens (including phenoxy) is 4. The molecule has 0 spiro atoms. The van der Waals surface area contributed by atoms with Crippen LogP contribution in [-0.2, 0) is 4.74 Å². The van der Waals surface area contributed by atoms with Crippen LogP contribution in [0.15, 0.2) is 42.5 Å². The first-order valence-corrected chi connectivity index (χ1v) is 9.74. The summed E-state index contributed by atoms with van der Waals surface area (Å²) in [5.74, 6) is 2.07. The summed E-state index contributed by atoms with van der Waals surface area (Å²) in [6.45, 7) is 4.41. The highest BCUT2D eigenvalue weighted by Crippen LogP contribution is 2.32. The zero-order chi connectivity index (χ0) is 19.3. The van der Waals surface area contributed by atoms with E-state index in [4.69, 9.17) is 18.9 Å². The maximum atomic E-state index is 12.6. The Morgan fingerprint density at radius 3 is 2.64 bits per heavy atom. The Bertz CT molecular complexity index is 814. The third-order valence-electron chi connectivity index (χ3n) is 4.99. The third-order valence-corrected chi connectivity index (χ3v) is 4.99. The van der Waals surface area contributed by atoms with Gasteiger partial charge in [-0.2, -0.15) is 0 Å². The van der Waals surface area contributed by atoms with Gasteiger partial charge < -0.3 is 24.3 Å². The van der Waals surface area contributed by atoms with Crippen LogP contribution in [0.4, 0.5) is 0 Å². The van der Waals surface area contributed by atoms with Crippen molar-refractivity contribution in [2.45, 2.75) is 31.9 Å². The molecule has 1 amide bonds. The zero-order valence-electron chi connectivity index (χ0n) is 16.0. The Morgan fingerprint density at radius 1 is 1.11 bits per heavy atom. The van der Waals surface area contributed by atoms with Gasteiger partial charge in [-0.1, -0.05) is 6.07 Å². The van der Waals surface area contributed by atoms with E-state index in [0.717, 1.165) is 42.3 Å². The van der Waals surface area contributed by atoms with Crippen molar-refractivity contribution in [3.8, 4) is 17.2 Å². The number of fused-ring (bicyclic) bond motifs is 1. The Kier molecular flexibility index (Phi) is 5.67. The number of carbonyl (C=O) groups is 1. The van der Waals surface area contributed by atoms with Crippen molar-refractivity contribution in [2.24, 2.45) is 0 Å². The highest BCUT2D eigenvalue weighted by molar-refractivity contribution is 5.94.